The van der Waals surface area contributed by atoms with Crippen molar-refractivity contribution in [2.24, 2.45) is 0 Å². The molecule has 0 atom stereocenters. The van der Waals surface area contributed by atoms with Crippen LogP contribution < -0.4 is 20.3 Å². The molecule has 0 saturated carbocycles. The van der Waals surface area contributed by atoms with Crippen molar-refractivity contribution < 1.29 is 57.2 Å². The van der Waals surface area contributed by atoms with E-state index in [4.69, 9.17) is 5.11 Å². The van der Waals surface area contributed by atoms with Gasteiger partial charge in [0.05, 0.1) is 5.97 Å². The van der Waals surface area contributed by atoms with E-state index in [0.29, 0.717) is 0 Å². The largest absolute Gasteiger partial charge is 2.00 e. The first-order chi connectivity index (χ1) is 8.78. The molecule has 0 aliphatic heterocycles. The van der Waals surface area contributed by atoms with Crippen LogP contribution in [0.3, 0.4) is 0 Å². The van der Waals surface area contributed by atoms with Crippen molar-refractivity contribution in [3.63, 3.8) is 0 Å². The molecule has 1 heterocycles. The average molecular weight is 321 g/mol. The fourth-order valence-electron chi connectivity index (χ4n) is 1.03. The zero-order valence-electron chi connectivity index (χ0n) is 10.1. The van der Waals surface area contributed by atoms with Crippen molar-refractivity contribution in [1.29, 1.82) is 0 Å². The van der Waals surface area contributed by atoms with Gasteiger partial charge in [-0.25, -0.2) is 4.98 Å². The second-order valence-corrected chi connectivity index (χ2v) is 3.49. The Kier molecular flexibility index (Phi) is 10.1. The third-order valence-electron chi connectivity index (χ3n) is 1.86. The predicted molar refractivity (Wildman–Crippen MR) is 52.2 cm³/mol. The summed E-state index contributed by atoms with van der Waals surface area (Å²) >= 11 is 0. The van der Waals surface area contributed by atoms with Crippen molar-refractivity contribution in [2.45, 2.75) is 18.4 Å². The maximum Gasteiger partial charge on any atom is 2.00 e. The van der Waals surface area contributed by atoms with Gasteiger partial charge in [0.1, 0.15) is 5.60 Å². The Balaban J connectivity index is 0. The van der Waals surface area contributed by atoms with Gasteiger partial charge in [-0.3, -0.25) is 0 Å². The molecule has 0 radical (unpaired) electrons. The summed E-state index contributed by atoms with van der Waals surface area (Å²) in [4.78, 5) is 32.9. The van der Waals surface area contributed by atoms with Gasteiger partial charge in [0.25, 0.3) is 0 Å². The summed E-state index contributed by atoms with van der Waals surface area (Å²) in [5.74, 6) is -5.98. The van der Waals surface area contributed by atoms with E-state index >= 15 is 0 Å². The van der Waals surface area contributed by atoms with E-state index in [9.17, 15) is 29.7 Å². The summed E-state index contributed by atoms with van der Waals surface area (Å²) < 4.78 is 0. The van der Waals surface area contributed by atoms with Gasteiger partial charge < -0.3 is 34.8 Å². The number of aliphatic hydroxyl groups is 1. The topological polar surface area (TPSA) is 155 Å². The minimum absolute atomic E-state index is 0. The summed E-state index contributed by atoms with van der Waals surface area (Å²) in [6.45, 7) is 0. The van der Waals surface area contributed by atoms with Gasteiger partial charge in [-0.2, -0.15) is 0 Å². The van der Waals surface area contributed by atoms with Crippen LogP contribution in [0.1, 0.15) is 12.8 Å². The van der Waals surface area contributed by atoms with Crippen LogP contribution in [0.4, 0.5) is 0 Å². The third kappa shape index (κ3) is 9.05. The Morgan fingerprint density at radius 3 is 1.50 bits per heavy atom. The molecule has 0 spiro atoms. The standard InChI is InChI=1S/C6H8O7.C5H5N.Cr/c7-3(8)1-6(13,5(11)12)2-4(9)10;1-2-4-6-5-3-1;/h13H,1-2H2,(H,7,8)(H,9,10)(H,11,12);1-5H;/q;;+2/p-2. The van der Waals surface area contributed by atoms with Crippen LogP contribution >= 0.6 is 0 Å². The molecular weight excluding hydrogens is 310 g/mol. The SMILES string of the molecule is O=C([O-])CC(O)(CC(=O)[O-])C(=O)[O-].[Cr+2].c1cc[nH+]cc1. The van der Waals surface area contributed by atoms with Crippen LogP contribution in [0, 0.1) is 0 Å². The number of rotatable bonds is 5. The van der Waals surface area contributed by atoms with Crippen molar-refractivity contribution in [3.05, 3.63) is 30.6 Å². The third-order valence-corrected chi connectivity index (χ3v) is 1.86. The quantitative estimate of drug-likeness (QED) is 0.571. The van der Waals surface area contributed by atoms with Gasteiger partial charge in [-0.15, -0.1) is 0 Å². The number of aromatic amines is 1. The summed E-state index contributed by atoms with van der Waals surface area (Å²) in [6.07, 6.45) is 1.03. The molecule has 0 bridgehead atoms. The Bertz CT molecular complexity index is 395. The smallest absolute Gasteiger partial charge is 0.550 e. The van der Waals surface area contributed by atoms with Crippen LogP contribution in [-0.4, -0.2) is 28.6 Å². The zero-order chi connectivity index (χ0) is 14.9. The summed E-state index contributed by atoms with van der Waals surface area (Å²) in [7, 11) is 0. The van der Waals surface area contributed by atoms with E-state index in [0.717, 1.165) is 0 Å². The van der Waals surface area contributed by atoms with E-state index in [-0.39, 0.29) is 17.4 Å². The fourth-order valence-corrected chi connectivity index (χ4v) is 1.03. The van der Waals surface area contributed by atoms with Crippen molar-refractivity contribution in [1.82, 2.24) is 0 Å². The molecule has 0 aliphatic carbocycles. The van der Waals surface area contributed by atoms with E-state index in [2.05, 4.69) is 4.98 Å². The molecule has 0 aliphatic rings. The first-order valence-corrected chi connectivity index (χ1v) is 5.02. The maximum absolute atomic E-state index is 10.1. The molecule has 1 rings (SSSR count). The Labute approximate surface area is 124 Å². The molecule has 20 heavy (non-hydrogen) atoms. The second kappa shape index (κ2) is 9.91. The van der Waals surface area contributed by atoms with Gasteiger partial charge in [-0.05, 0) is 0 Å². The first-order valence-electron chi connectivity index (χ1n) is 5.02. The summed E-state index contributed by atoms with van der Waals surface area (Å²) in [6, 6.07) is 5.86. The predicted octanol–water partition coefficient (Wildman–Crippen LogP) is -4.75. The number of H-pyrrole nitrogens is 1. The number of carboxylic acid groups (broad SMARTS) is 3. The molecule has 8 nitrogen and oxygen atoms in total. The second-order valence-electron chi connectivity index (χ2n) is 3.49. The van der Waals surface area contributed by atoms with Gasteiger partial charge in [0.15, 0.2) is 12.4 Å². The van der Waals surface area contributed by atoms with E-state index < -0.39 is 36.4 Å². The number of aromatic nitrogens is 1. The molecule has 2 N–H and O–H groups in total. The average Bonchev–Trinajstić information content (AvgIpc) is 2.29. The number of hydrogen-bond donors (Lipinski definition) is 1. The van der Waals surface area contributed by atoms with E-state index in [1.807, 2.05) is 30.6 Å². The molecule has 0 fully saturated rings. The van der Waals surface area contributed by atoms with Crippen molar-refractivity contribution >= 4 is 17.9 Å². The molecular formula is C11H11CrNO7. The molecule has 9 heteroatoms. The Morgan fingerprint density at radius 2 is 1.35 bits per heavy atom. The number of nitrogens with one attached hydrogen (secondary N) is 1. The maximum atomic E-state index is 10.1. The van der Waals surface area contributed by atoms with Gasteiger partial charge >= 0.3 is 17.4 Å². The first kappa shape index (κ1) is 20.4. The van der Waals surface area contributed by atoms with Gasteiger partial charge in [0.2, 0.25) is 0 Å². The van der Waals surface area contributed by atoms with Crippen LogP contribution in [0.25, 0.3) is 0 Å². The molecule has 0 saturated heterocycles. The normalized spacial score (nSPS) is 9.45. The van der Waals surface area contributed by atoms with E-state index in [1.165, 1.54) is 0 Å². The Morgan fingerprint density at radius 1 is 0.950 bits per heavy atom. The molecule has 1 aromatic rings. The van der Waals surface area contributed by atoms with Gasteiger partial charge in [-0.1, -0.05) is 6.07 Å². The van der Waals surface area contributed by atoms with E-state index in [1.54, 1.807) is 0 Å². The number of carboxylic acids is 3. The molecule has 0 unspecified atom stereocenters. The van der Waals surface area contributed by atoms with Crippen LogP contribution in [0.2, 0.25) is 0 Å². The fraction of sp³-hybridized carbons (Fsp3) is 0.273. The van der Waals surface area contributed by atoms with Crippen molar-refractivity contribution in [3.8, 4) is 0 Å². The molecule has 108 valence electrons. The summed E-state index contributed by atoms with van der Waals surface area (Å²) in [5.41, 5.74) is -2.97. The number of carbonyl (C=O) groups is 3. The van der Waals surface area contributed by atoms with Gasteiger partial charge in [0, 0.05) is 36.9 Å². The molecule has 0 aromatic carbocycles. The minimum atomic E-state index is -2.97. The Hall–Kier alpha value is -1.95. The number of pyridine rings is 1. The minimum Gasteiger partial charge on any atom is -0.550 e. The molecule has 0 amide bonds. The van der Waals surface area contributed by atoms with Crippen LogP contribution in [-0.2, 0) is 31.7 Å². The molecule has 1 aromatic heterocycles. The van der Waals surface area contributed by atoms with Crippen LogP contribution in [0.15, 0.2) is 30.6 Å². The summed E-state index contributed by atoms with van der Waals surface area (Å²) in [5, 5.41) is 38.9. The van der Waals surface area contributed by atoms with Crippen LogP contribution in [0.5, 0.6) is 0 Å². The monoisotopic (exact) mass is 321 g/mol. The number of aliphatic carboxylic acids is 3. The zero-order valence-corrected chi connectivity index (χ0v) is 11.4. The number of carbonyl (C=O) groups excluding carboxylic acids is 3. The number of hydrogen-bond acceptors (Lipinski definition) is 7. The van der Waals surface area contributed by atoms with Crippen molar-refractivity contribution in [2.75, 3.05) is 0 Å².